The molecule has 0 aliphatic rings. The average molecular weight is 452 g/mol. The first kappa shape index (κ1) is 21.9. The maximum Gasteiger partial charge on any atom is 0.416 e. The van der Waals surface area contributed by atoms with Crippen LogP contribution in [-0.2, 0) is 18.8 Å². The highest BCUT2D eigenvalue weighted by Crippen LogP contribution is 2.38. The van der Waals surface area contributed by atoms with E-state index in [-0.39, 0.29) is 28.2 Å². The van der Waals surface area contributed by atoms with E-state index in [9.17, 15) is 36.6 Å². The molecular formula is C18H12ClF6N3O2. The highest BCUT2D eigenvalue weighted by Gasteiger charge is 2.37. The molecule has 30 heavy (non-hydrogen) atoms. The van der Waals surface area contributed by atoms with Crippen molar-refractivity contribution in [1.82, 2.24) is 15.0 Å². The Bertz CT molecular complexity index is 1030. The Morgan fingerprint density at radius 3 is 2.10 bits per heavy atom. The zero-order valence-electron chi connectivity index (χ0n) is 14.7. The van der Waals surface area contributed by atoms with Crippen LogP contribution in [-0.4, -0.2) is 25.2 Å². The molecule has 0 aliphatic carbocycles. The van der Waals surface area contributed by atoms with Gasteiger partial charge in [-0.05, 0) is 35.9 Å². The summed E-state index contributed by atoms with van der Waals surface area (Å²) in [5.41, 5.74) is -3.36. The fourth-order valence-electron chi connectivity index (χ4n) is 2.69. The van der Waals surface area contributed by atoms with Crippen molar-refractivity contribution in [2.75, 3.05) is 0 Å². The minimum atomic E-state index is -5.02. The predicted octanol–water partition coefficient (Wildman–Crippen LogP) is 4.94. The van der Waals surface area contributed by atoms with E-state index in [1.807, 2.05) is 0 Å². The topological polar surface area (TPSA) is 71.2 Å². The van der Waals surface area contributed by atoms with Crippen LogP contribution in [0.4, 0.5) is 26.3 Å². The molecule has 0 aliphatic heterocycles. The third kappa shape index (κ3) is 4.85. The summed E-state index contributed by atoms with van der Waals surface area (Å²) < 4.78 is 79.0. The summed E-state index contributed by atoms with van der Waals surface area (Å²) in [7, 11) is 0. The number of phenols is 1. The smallest absolute Gasteiger partial charge is 0.416 e. The van der Waals surface area contributed by atoms with Gasteiger partial charge in [0.05, 0.1) is 29.1 Å². The number of nitrogens with zero attached hydrogens (tertiary/aromatic N) is 3. The molecule has 0 bridgehead atoms. The lowest BCUT2D eigenvalue weighted by molar-refractivity contribution is -0.143. The maximum absolute atomic E-state index is 13.0. The molecule has 0 saturated carbocycles. The molecule has 160 valence electrons. The predicted molar refractivity (Wildman–Crippen MR) is 93.1 cm³/mol. The Hall–Kier alpha value is -2.79. The van der Waals surface area contributed by atoms with Crippen molar-refractivity contribution >= 4 is 11.6 Å². The molecule has 0 radical (unpaired) electrons. The van der Waals surface area contributed by atoms with Gasteiger partial charge in [0.15, 0.2) is 0 Å². The summed E-state index contributed by atoms with van der Waals surface area (Å²) >= 11 is 5.74. The van der Waals surface area contributed by atoms with Crippen LogP contribution < -0.4 is 0 Å². The molecule has 2 N–H and O–H groups in total. The van der Waals surface area contributed by atoms with Crippen molar-refractivity contribution in [3.8, 4) is 11.4 Å². The standard InChI is InChI=1S/C18H12ClF6N3O2/c19-12-1-2-14(16(30)6-12)28-8-13(26-27-28)7-15(29)9-3-10(17(20,21)22)5-11(4-9)18(23,24)25/h1-6,8,15,29-30H,7H2. The second-order valence-corrected chi connectivity index (χ2v) is 6.78. The molecule has 1 atom stereocenters. The number of aromatic hydroxyl groups is 1. The van der Waals surface area contributed by atoms with E-state index in [1.54, 1.807) is 0 Å². The first-order chi connectivity index (χ1) is 13.8. The molecule has 5 nitrogen and oxygen atoms in total. The van der Waals surface area contributed by atoms with Gasteiger partial charge in [-0.3, -0.25) is 0 Å². The van der Waals surface area contributed by atoms with Crippen molar-refractivity contribution in [2.45, 2.75) is 24.9 Å². The van der Waals surface area contributed by atoms with Crippen LogP contribution in [0.3, 0.4) is 0 Å². The highest BCUT2D eigenvalue weighted by atomic mass is 35.5. The van der Waals surface area contributed by atoms with Crippen molar-refractivity contribution in [1.29, 1.82) is 0 Å². The van der Waals surface area contributed by atoms with Gasteiger partial charge in [0.1, 0.15) is 11.4 Å². The van der Waals surface area contributed by atoms with E-state index in [1.165, 1.54) is 24.4 Å². The maximum atomic E-state index is 13.0. The Balaban J connectivity index is 1.89. The third-order valence-electron chi connectivity index (χ3n) is 4.12. The Morgan fingerprint density at radius 2 is 1.57 bits per heavy atom. The Kier molecular flexibility index (Phi) is 5.70. The van der Waals surface area contributed by atoms with E-state index in [2.05, 4.69) is 10.3 Å². The van der Waals surface area contributed by atoms with Gasteiger partial charge in [-0.2, -0.15) is 26.3 Å². The third-order valence-corrected chi connectivity index (χ3v) is 4.36. The SMILES string of the molecule is Oc1cc(Cl)ccc1-n1cc(CC(O)c2cc(C(F)(F)F)cc(C(F)(F)F)c2)nn1. The lowest BCUT2D eigenvalue weighted by Gasteiger charge is -2.16. The van der Waals surface area contributed by atoms with Crippen molar-refractivity contribution in [2.24, 2.45) is 0 Å². The van der Waals surface area contributed by atoms with Gasteiger partial charge in [0, 0.05) is 17.5 Å². The monoisotopic (exact) mass is 451 g/mol. The first-order valence-electron chi connectivity index (χ1n) is 8.22. The second-order valence-electron chi connectivity index (χ2n) is 6.35. The Morgan fingerprint density at radius 1 is 0.967 bits per heavy atom. The van der Waals surface area contributed by atoms with Gasteiger partial charge in [-0.15, -0.1) is 5.10 Å². The van der Waals surface area contributed by atoms with Gasteiger partial charge in [-0.25, -0.2) is 4.68 Å². The van der Waals surface area contributed by atoms with E-state index in [4.69, 9.17) is 11.6 Å². The number of hydrogen-bond donors (Lipinski definition) is 2. The van der Waals surface area contributed by atoms with Crippen molar-refractivity contribution in [3.63, 3.8) is 0 Å². The molecule has 1 unspecified atom stereocenters. The lowest BCUT2D eigenvalue weighted by atomic mass is 9.99. The minimum absolute atomic E-state index is 0.0180. The molecule has 3 aromatic rings. The fourth-order valence-corrected chi connectivity index (χ4v) is 2.85. The number of alkyl halides is 6. The fraction of sp³-hybridized carbons (Fsp3) is 0.222. The minimum Gasteiger partial charge on any atom is -0.506 e. The molecule has 0 fully saturated rings. The van der Waals surface area contributed by atoms with Crippen LogP contribution in [0, 0.1) is 0 Å². The van der Waals surface area contributed by atoms with E-state index in [0.717, 1.165) is 4.68 Å². The number of phenolic OH excluding ortho intramolecular Hbond substituents is 1. The normalized spacial score (nSPS) is 13.5. The molecule has 0 amide bonds. The number of rotatable bonds is 4. The quantitative estimate of drug-likeness (QED) is 0.551. The van der Waals surface area contributed by atoms with E-state index < -0.39 is 41.6 Å². The molecule has 2 aromatic carbocycles. The van der Waals surface area contributed by atoms with Gasteiger partial charge in [0.25, 0.3) is 0 Å². The van der Waals surface area contributed by atoms with Gasteiger partial charge in [-0.1, -0.05) is 16.8 Å². The number of aliphatic hydroxyl groups is 1. The molecule has 3 rings (SSSR count). The molecule has 12 heteroatoms. The van der Waals surface area contributed by atoms with Crippen LogP contribution in [0.5, 0.6) is 5.75 Å². The van der Waals surface area contributed by atoms with Crippen LogP contribution in [0.25, 0.3) is 5.69 Å². The number of aromatic nitrogens is 3. The first-order valence-corrected chi connectivity index (χ1v) is 8.60. The number of halogens is 7. The van der Waals surface area contributed by atoms with Crippen LogP contribution >= 0.6 is 11.6 Å². The van der Waals surface area contributed by atoms with Gasteiger partial charge in [0.2, 0.25) is 0 Å². The summed E-state index contributed by atoms with van der Waals surface area (Å²) in [4.78, 5) is 0. The average Bonchev–Trinajstić information content (AvgIpc) is 3.08. The summed E-state index contributed by atoms with van der Waals surface area (Å²) in [6, 6.07) is 5.03. The molecule has 1 heterocycles. The number of aliphatic hydroxyl groups excluding tert-OH is 1. The summed E-state index contributed by atoms with van der Waals surface area (Å²) in [5.74, 6) is -0.229. The van der Waals surface area contributed by atoms with Gasteiger partial charge < -0.3 is 10.2 Å². The van der Waals surface area contributed by atoms with Gasteiger partial charge >= 0.3 is 12.4 Å². The Labute approximate surface area is 170 Å². The van der Waals surface area contributed by atoms with E-state index >= 15 is 0 Å². The molecule has 1 aromatic heterocycles. The zero-order valence-corrected chi connectivity index (χ0v) is 15.5. The van der Waals surface area contributed by atoms with Crippen LogP contribution in [0.2, 0.25) is 5.02 Å². The molecule has 0 spiro atoms. The van der Waals surface area contributed by atoms with Crippen LogP contribution in [0.15, 0.2) is 42.6 Å². The summed E-state index contributed by atoms with van der Waals surface area (Å²) in [5, 5.41) is 27.9. The lowest BCUT2D eigenvalue weighted by Crippen LogP contribution is -2.13. The summed E-state index contributed by atoms with van der Waals surface area (Å²) in [6.07, 6.45) is -10.9. The summed E-state index contributed by atoms with van der Waals surface area (Å²) in [6.45, 7) is 0. The zero-order chi connectivity index (χ0) is 22.3. The van der Waals surface area contributed by atoms with Crippen LogP contribution in [0.1, 0.15) is 28.5 Å². The largest absolute Gasteiger partial charge is 0.506 e. The van der Waals surface area contributed by atoms with E-state index in [0.29, 0.717) is 12.1 Å². The van der Waals surface area contributed by atoms with Crippen molar-refractivity contribution in [3.05, 3.63) is 70.0 Å². The molecule has 0 saturated heterocycles. The molecular weight excluding hydrogens is 440 g/mol. The highest BCUT2D eigenvalue weighted by molar-refractivity contribution is 6.30. The van der Waals surface area contributed by atoms with Crippen molar-refractivity contribution < 1.29 is 36.6 Å². The number of hydrogen-bond acceptors (Lipinski definition) is 4. The second kappa shape index (κ2) is 7.80. The number of benzene rings is 2.